The lowest BCUT2D eigenvalue weighted by molar-refractivity contribution is -0.118. The van der Waals surface area contributed by atoms with Crippen LogP contribution in [0.1, 0.15) is 13.8 Å². The highest BCUT2D eigenvalue weighted by atomic mass is 79.9. The number of nitrogens with one attached hydrogen (secondary N) is 1. The molecule has 0 bridgehead atoms. The third-order valence-corrected chi connectivity index (χ3v) is 2.87. The van der Waals surface area contributed by atoms with Crippen LogP contribution >= 0.6 is 15.9 Å². The molecule has 0 aliphatic heterocycles. The fourth-order valence-corrected chi connectivity index (χ4v) is 1.56. The van der Waals surface area contributed by atoms with E-state index in [4.69, 9.17) is 5.73 Å². The van der Waals surface area contributed by atoms with Gasteiger partial charge in [-0.1, -0.05) is 13.8 Å². The van der Waals surface area contributed by atoms with E-state index in [9.17, 15) is 9.18 Å². The Morgan fingerprint density at radius 2 is 2.12 bits per heavy atom. The van der Waals surface area contributed by atoms with E-state index in [1.165, 1.54) is 18.2 Å². The van der Waals surface area contributed by atoms with Crippen molar-refractivity contribution in [3.05, 3.63) is 28.5 Å². The molecule has 1 rings (SSSR count). The summed E-state index contributed by atoms with van der Waals surface area (Å²) >= 11 is 3.17. The first-order chi connectivity index (χ1) is 7.41. The average molecular weight is 289 g/mol. The van der Waals surface area contributed by atoms with Gasteiger partial charge in [0, 0.05) is 4.47 Å². The largest absolute Gasteiger partial charge is 0.324 e. The molecule has 0 aliphatic rings. The first-order valence-corrected chi connectivity index (χ1v) is 5.72. The van der Waals surface area contributed by atoms with Gasteiger partial charge in [0.05, 0.1) is 11.7 Å². The summed E-state index contributed by atoms with van der Waals surface area (Å²) < 4.78 is 13.3. The molecule has 0 radical (unpaired) electrons. The van der Waals surface area contributed by atoms with Crippen LogP contribution in [0, 0.1) is 11.7 Å². The molecular formula is C11H14BrFN2O. The van der Waals surface area contributed by atoms with Gasteiger partial charge in [-0.25, -0.2) is 4.39 Å². The molecule has 1 amide bonds. The van der Waals surface area contributed by atoms with Gasteiger partial charge in [0.1, 0.15) is 5.82 Å². The molecule has 3 nitrogen and oxygen atoms in total. The zero-order valence-corrected chi connectivity index (χ0v) is 10.7. The summed E-state index contributed by atoms with van der Waals surface area (Å²) in [5.74, 6) is -0.584. The zero-order chi connectivity index (χ0) is 12.3. The van der Waals surface area contributed by atoms with Crippen molar-refractivity contribution in [3.8, 4) is 0 Å². The lowest BCUT2D eigenvalue weighted by Crippen LogP contribution is -2.39. The van der Waals surface area contributed by atoms with Crippen LogP contribution in [0.25, 0.3) is 0 Å². The van der Waals surface area contributed by atoms with Crippen LogP contribution in [0.3, 0.4) is 0 Å². The van der Waals surface area contributed by atoms with E-state index in [0.29, 0.717) is 10.2 Å². The molecule has 16 heavy (non-hydrogen) atoms. The summed E-state index contributed by atoms with van der Waals surface area (Å²) in [6, 6.07) is 3.49. The topological polar surface area (TPSA) is 55.1 Å². The Labute approximate surface area is 102 Å². The minimum absolute atomic E-state index is 0.0548. The van der Waals surface area contributed by atoms with Crippen LogP contribution in [-0.4, -0.2) is 11.9 Å². The monoisotopic (exact) mass is 288 g/mol. The molecule has 88 valence electrons. The molecule has 1 aromatic carbocycles. The number of carbonyl (C=O) groups excluding carboxylic acids is 1. The Bertz CT molecular complexity index is 396. The Morgan fingerprint density at radius 3 is 2.62 bits per heavy atom. The van der Waals surface area contributed by atoms with Crippen molar-refractivity contribution in [1.82, 2.24) is 0 Å². The number of amides is 1. The molecular weight excluding hydrogens is 275 g/mol. The average Bonchev–Trinajstić information content (AvgIpc) is 2.20. The van der Waals surface area contributed by atoms with Crippen molar-refractivity contribution >= 4 is 27.5 Å². The molecule has 0 saturated heterocycles. The molecule has 1 unspecified atom stereocenters. The molecule has 0 fully saturated rings. The highest BCUT2D eigenvalue weighted by molar-refractivity contribution is 9.10. The van der Waals surface area contributed by atoms with Gasteiger partial charge < -0.3 is 11.1 Å². The molecule has 0 aliphatic carbocycles. The van der Waals surface area contributed by atoms with E-state index in [0.717, 1.165) is 0 Å². The first kappa shape index (κ1) is 13.1. The zero-order valence-electron chi connectivity index (χ0n) is 9.13. The third-order valence-electron chi connectivity index (χ3n) is 2.21. The molecule has 0 saturated carbocycles. The van der Waals surface area contributed by atoms with E-state index in [1.54, 1.807) is 0 Å². The Hall–Kier alpha value is -0.940. The van der Waals surface area contributed by atoms with E-state index < -0.39 is 6.04 Å². The second-order valence-electron chi connectivity index (χ2n) is 3.88. The molecule has 0 aromatic heterocycles. The summed E-state index contributed by atoms with van der Waals surface area (Å²) in [5.41, 5.74) is 6.20. The standard InChI is InChI=1S/C11H14BrFN2O/c1-6(2)10(14)11(16)15-9-4-3-7(13)5-8(9)12/h3-6,10H,14H2,1-2H3,(H,15,16). The van der Waals surface area contributed by atoms with Crippen molar-refractivity contribution < 1.29 is 9.18 Å². The summed E-state index contributed by atoms with van der Waals surface area (Å²) in [6.45, 7) is 3.73. The fourth-order valence-electron chi connectivity index (χ4n) is 1.11. The van der Waals surface area contributed by atoms with Crippen molar-refractivity contribution in [2.75, 3.05) is 5.32 Å². The minimum atomic E-state index is -0.572. The van der Waals surface area contributed by atoms with Crippen LogP contribution in [0.2, 0.25) is 0 Å². The van der Waals surface area contributed by atoms with Crippen LogP contribution in [0.5, 0.6) is 0 Å². The van der Waals surface area contributed by atoms with Gasteiger partial charge in [0.2, 0.25) is 5.91 Å². The van der Waals surface area contributed by atoms with Crippen LogP contribution in [0.4, 0.5) is 10.1 Å². The number of hydrogen-bond donors (Lipinski definition) is 2. The lowest BCUT2D eigenvalue weighted by Gasteiger charge is -2.16. The molecule has 1 atom stereocenters. The molecule has 1 aromatic rings. The van der Waals surface area contributed by atoms with Crippen LogP contribution in [-0.2, 0) is 4.79 Å². The summed E-state index contributed by atoms with van der Waals surface area (Å²) in [5, 5.41) is 2.64. The molecule has 3 N–H and O–H groups in total. The number of rotatable bonds is 3. The Morgan fingerprint density at radius 1 is 1.50 bits per heavy atom. The lowest BCUT2D eigenvalue weighted by atomic mass is 10.1. The number of carbonyl (C=O) groups is 1. The van der Waals surface area contributed by atoms with Gasteiger partial charge in [0.15, 0.2) is 0 Å². The second kappa shape index (κ2) is 5.41. The molecule has 5 heteroatoms. The first-order valence-electron chi connectivity index (χ1n) is 4.93. The Balaban J connectivity index is 2.77. The predicted octanol–water partition coefficient (Wildman–Crippen LogP) is 2.51. The number of hydrogen-bond acceptors (Lipinski definition) is 2. The maximum Gasteiger partial charge on any atom is 0.241 e. The predicted molar refractivity (Wildman–Crippen MR) is 65.5 cm³/mol. The van der Waals surface area contributed by atoms with Gasteiger partial charge in [0.25, 0.3) is 0 Å². The Kier molecular flexibility index (Phi) is 4.44. The quantitative estimate of drug-likeness (QED) is 0.898. The SMILES string of the molecule is CC(C)C(N)C(=O)Nc1ccc(F)cc1Br. The minimum Gasteiger partial charge on any atom is -0.324 e. The maximum absolute atomic E-state index is 12.8. The maximum atomic E-state index is 12.8. The van der Waals surface area contributed by atoms with Crippen LogP contribution in [0.15, 0.2) is 22.7 Å². The van der Waals surface area contributed by atoms with Crippen LogP contribution < -0.4 is 11.1 Å². The van der Waals surface area contributed by atoms with E-state index in [1.807, 2.05) is 13.8 Å². The summed E-state index contributed by atoms with van der Waals surface area (Å²) in [7, 11) is 0. The van der Waals surface area contributed by atoms with Gasteiger partial charge in [-0.3, -0.25) is 4.79 Å². The fraction of sp³-hybridized carbons (Fsp3) is 0.364. The third kappa shape index (κ3) is 3.28. The van der Waals surface area contributed by atoms with E-state index in [2.05, 4.69) is 21.2 Å². The van der Waals surface area contributed by atoms with Crippen molar-refractivity contribution in [2.24, 2.45) is 11.7 Å². The molecule has 0 spiro atoms. The van der Waals surface area contributed by atoms with Gasteiger partial charge in [-0.05, 0) is 40.0 Å². The normalized spacial score (nSPS) is 12.6. The summed E-state index contributed by atoms with van der Waals surface area (Å²) in [6.07, 6.45) is 0. The highest BCUT2D eigenvalue weighted by Crippen LogP contribution is 2.23. The smallest absolute Gasteiger partial charge is 0.241 e. The second-order valence-corrected chi connectivity index (χ2v) is 4.74. The number of anilines is 1. The van der Waals surface area contributed by atoms with E-state index >= 15 is 0 Å². The van der Waals surface area contributed by atoms with Crippen molar-refractivity contribution in [2.45, 2.75) is 19.9 Å². The van der Waals surface area contributed by atoms with Crippen molar-refractivity contribution in [1.29, 1.82) is 0 Å². The number of halogens is 2. The number of benzene rings is 1. The van der Waals surface area contributed by atoms with Gasteiger partial charge >= 0.3 is 0 Å². The van der Waals surface area contributed by atoms with E-state index in [-0.39, 0.29) is 17.6 Å². The van der Waals surface area contributed by atoms with Gasteiger partial charge in [-0.2, -0.15) is 0 Å². The molecule has 0 heterocycles. The number of nitrogens with two attached hydrogens (primary N) is 1. The summed E-state index contributed by atoms with van der Waals surface area (Å²) in [4.78, 5) is 11.6. The highest BCUT2D eigenvalue weighted by Gasteiger charge is 2.17. The van der Waals surface area contributed by atoms with Crippen molar-refractivity contribution in [3.63, 3.8) is 0 Å². The van der Waals surface area contributed by atoms with Gasteiger partial charge in [-0.15, -0.1) is 0 Å².